The fourth-order valence-corrected chi connectivity index (χ4v) is 1.89. The molecule has 0 bridgehead atoms. The summed E-state index contributed by atoms with van der Waals surface area (Å²) in [5, 5.41) is 9.23. The number of nitrogens with zero attached hydrogens (tertiary/aromatic N) is 2. The normalized spacial score (nSPS) is 13.1. The number of hydrogen-bond acceptors (Lipinski definition) is 6. The summed E-state index contributed by atoms with van der Waals surface area (Å²) in [6.07, 6.45) is 1.31. The van der Waals surface area contributed by atoms with E-state index >= 15 is 0 Å². The van der Waals surface area contributed by atoms with Gasteiger partial charge in [-0.15, -0.1) is 10.2 Å². The number of nitrogens with two attached hydrogens (primary N) is 1. The SMILES string of the molecule is CC(C)CC(C)OCc1nnc(NN)s1. The smallest absolute Gasteiger partial charge is 0.219 e. The maximum absolute atomic E-state index is 5.64. The van der Waals surface area contributed by atoms with E-state index in [-0.39, 0.29) is 6.10 Å². The molecule has 1 atom stereocenters. The molecule has 0 amide bonds. The first-order valence-corrected chi connectivity index (χ1v) is 5.84. The molecule has 1 rings (SSSR count). The van der Waals surface area contributed by atoms with Crippen LogP contribution in [-0.2, 0) is 11.3 Å². The quantitative estimate of drug-likeness (QED) is 0.575. The molecule has 0 aromatic carbocycles. The Morgan fingerprint density at radius 1 is 1.40 bits per heavy atom. The van der Waals surface area contributed by atoms with Gasteiger partial charge in [0.25, 0.3) is 0 Å². The molecular formula is C9H18N4OS. The first-order valence-electron chi connectivity index (χ1n) is 5.02. The molecule has 15 heavy (non-hydrogen) atoms. The number of hydrogen-bond donors (Lipinski definition) is 2. The summed E-state index contributed by atoms with van der Waals surface area (Å²) in [6.45, 7) is 6.94. The second-order valence-electron chi connectivity index (χ2n) is 3.90. The zero-order valence-corrected chi connectivity index (χ0v) is 10.2. The molecular weight excluding hydrogens is 212 g/mol. The number of nitrogens with one attached hydrogen (secondary N) is 1. The van der Waals surface area contributed by atoms with Crippen molar-refractivity contribution in [3.05, 3.63) is 5.01 Å². The van der Waals surface area contributed by atoms with Crippen LogP contribution in [0.1, 0.15) is 32.2 Å². The number of anilines is 1. The van der Waals surface area contributed by atoms with Crippen molar-refractivity contribution in [1.29, 1.82) is 0 Å². The van der Waals surface area contributed by atoms with Gasteiger partial charge in [0.2, 0.25) is 5.13 Å². The van der Waals surface area contributed by atoms with E-state index < -0.39 is 0 Å². The lowest BCUT2D eigenvalue weighted by Gasteiger charge is -2.13. The van der Waals surface area contributed by atoms with Gasteiger partial charge in [0.15, 0.2) is 0 Å². The van der Waals surface area contributed by atoms with Gasteiger partial charge in [0, 0.05) is 0 Å². The van der Waals surface area contributed by atoms with Crippen molar-refractivity contribution >= 4 is 16.5 Å². The molecule has 0 saturated carbocycles. The van der Waals surface area contributed by atoms with Gasteiger partial charge < -0.3 is 4.74 Å². The highest BCUT2D eigenvalue weighted by atomic mass is 32.1. The predicted octanol–water partition coefficient (Wildman–Crippen LogP) is 1.77. The van der Waals surface area contributed by atoms with E-state index in [4.69, 9.17) is 10.6 Å². The fourth-order valence-electron chi connectivity index (χ4n) is 1.32. The van der Waals surface area contributed by atoms with Crippen molar-refractivity contribution in [1.82, 2.24) is 10.2 Å². The van der Waals surface area contributed by atoms with Crippen LogP contribution in [0.2, 0.25) is 0 Å². The monoisotopic (exact) mass is 230 g/mol. The minimum absolute atomic E-state index is 0.253. The maximum Gasteiger partial charge on any atom is 0.219 e. The molecule has 1 aromatic heterocycles. The largest absolute Gasteiger partial charge is 0.371 e. The summed E-state index contributed by atoms with van der Waals surface area (Å²) >= 11 is 1.41. The molecule has 1 aromatic rings. The highest BCUT2D eigenvalue weighted by molar-refractivity contribution is 7.15. The second-order valence-corrected chi connectivity index (χ2v) is 4.96. The molecule has 86 valence electrons. The van der Waals surface area contributed by atoms with Gasteiger partial charge in [-0.05, 0) is 19.3 Å². The second kappa shape index (κ2) is 5.99. The van der Waals surface area contributed by atoms with Crippen LogP contribution in [0.4, 0.5) is 5.13 Å². The molecule has 5 nitrogen and oxygen atoms in total. The number of nitrogen functional groups attached to an aromatic ring is 1. The molecule has 0 fully saturated rings. The third kappa shape index (κ3) is 4.55. The lowest BCUT2D eigenvalue weighted by molar-refractivity contribution is 0.0393. The Kier molecular flexibility index (Phi) is 4.93. The Labute approximate surface area is 94.0 Å². The molecule has 3 N–H and O–H groups in total. The van der Waals surface area contributed by atoms with Crippen molar-refractivity contribution in [2.24, 2.45) is 11.8 Å². The summed E-state index contributed by atoms with van der Waals surface area (Å²) in [4.78, 5) is 0. The van der Waals surface area contributed by atoms with Crippen molar-refractivity contribution in [3.63, 3.8) is 0 Å². The van der Waals surface area contributed by atoms with Crippen molar-refractivity contribution < 1.29 is 4.74 Å². The number of rotatable bonds is 6. The van der Waals surface area contributed by atoms with Crippen LogP contribution in [0.25, 0.3) is 0 Å². The molecule has 0 aliphatic heterocycles. The van der Waals surface area contributed by atoms with Gasteiger partial charge in [-0.2, -0.15) is 0 Å². The highest BCUT2D eigenvalue weighted by Gasteiger charge is 2.08. The summed E-state index contributed by atoms with van der Waals surface area (Å²) in [5.41, 5.74) is 2.46. The molecule has 1 unspecified atom stereocenters. The molecule has 0 aliphatic rings. The van der Waals surface area contributed by atoms with E-state index in [0.717, 1.165) is 11.4 Å². The van der Waals surface area contributed by atoms with E-state index in [1.165, 1.54) is 11.3 Å². The Morgan fingerprint density at radius 2 is 2.13 bits per heavy atom. The third-order valence-electron chi connectivity index (χ3n) is 1.88. The van der Waals surface area contributed by atoms with Gasteiger partial charge in [-0.3, -0.25) is 5.43 Å². The standard InChI is InChI=1S/C9H18N4OS/c1-6(2)4-7(3)14-5-8-12-13-9(11-10)15-8/h6-7H,4-5,10H2,1-3H3,(H,11,13). The topological polar surface area (TPSA) is 73.1 Å². The van der Waals surface area contributed by atoms with E-state index in [2.05, 4.69) is 36.4 Å². The Bertz CT molecular complexity index is 289. The molecule has 0 saturated heterocycles. The lowest BCUT2D eigenvalue weighted by Crippen LogP contribution is -2.10. The van der Waals surface area contributed by atoms with Gasteiger partial charge in [-0.1, -0.05) is 25.2 Å². The van der Waals surface area contributed by atoms with Crippen molar-refractivity contribution in [3.8, 4) is 0 Å². The predicted molar refractivity (Wildman–Crippen MR) is 61.4 cm³/mol. The molecule has 0 aliphatic carbocycles. The average Bonchev–Trinajstić information content (AvgIpc) is 2.61. The zero-order chi connectivity index (χ0) is 11.3. The number of hydrazine groups is 1. The van der Waals surface area contributed by atoms with Gasteiger partial charge in [0.1, 0.15) is 11.6 Å². The third-order valence-corrected chi connectivity index (χ3v) is 2.71. The molecule has 1 heterocycles. The Balaban J connectivity index is 2.30. The number of ether oxygens (including phenoxy) is 1. The molecule has 6 heteroatoms. The van der Waals surface area contributed by atoms with Crippen LogP contribution >= 0.6 is 11.3 Å². The number of aromatic nitrogens is 2. The molecule has 0 spiro atoms. The minimum atomic E-state index is 0.253. The van der Waals surface area contributed by atoms with Gasteiger partial charge >= 0.3 is 0 Å². The van der Waals surface area contributed by atoms with E-state index in [0.29, 0.717) is 17.7 Å². The molecule has 0 radical (unpaired) electrons. The van der Waals surface area contributed by atoms with Crippen LogP contribution in [0, 0.1) is 5.92 Å². The first-order chi connectivity index (χ1) is 7.11. The Hall–Kier alpha value is -0.720. The van der Waals surface area contributed by atoms with Crippen LogP contribution in [0.15, 0.2) is 0 Å². The van der Waals surface area contributed by atoms with Crippen LogP contribution in [-0.4, -0.2) is 16.3 Å². The van der Waals surface area contributed by atoms with Crippen LogP contribution in [0.3, 0.4) is 0 Å². The van der Waals surface area contributed by atoms with Crippen LogP contribution in [0.5, 0.6) is 0 Å². The highest BCUT2D eigenvalue weighted by Crippen LogP contribution is 2.16. The Morgan fingerprint density at radius 3 is 2.67 bits per heavy atom. The van der Waals surface area contributed by atoms with E-state index in [1.54, 1.807) is 0 Å². The minimum Gasteiger partial charge on any atom is -0.371 e. The lowest BCUT2D eigenvalue weighted by atomic mass is 10.1. The fraction of sp³-hybridized carbons (Fsp3) is 0.778. The zero-order valence-electron chi connectivity index (χ0n) is 9.36. The van der Waals surface area contributed by atoms with E-state index in [9.17, 15) is 0 Å². The van der Waals surface area contributed by atoms with Crippen molar-refractivity contribution in [2.45, 2.75) is 39.9 Å². The summed E-state index contributed by atoms with van der Waals surface area (Å²) < 4.78 is 5.64. The average molecular weight is 230 g/mol. The summed E-state index contributed by atoms with van der Waals surface area (Å²) in [7, 11) is 0. The van der Waals surface area contributed by atoms with Gasteiger partial charge in [0.05, 0.1) is 6.10 Å². The van der Waals surface area contributed by atoms with Crippen LogP contribution < -0.4 is 11.3 Å². The van der Waals surface area contributed by atoms with Gasteiger partial charge in [-0.25, -0.2) is 5.84 Å². The first kappa shape index (κ1) is 12.4. The summed E-state index contributed by atoms with van der Waals surface area (Å²) in [5.74, 6) is 5.85. The maximum atomic E-state index is 5.64. The summed E-state index contributed by atoms with van der Waals surface area (Å²) in [6, 6.07) is 0. The van der Waals surface area contributed by atoms with Crippen molar-refractivity contribution in [2.75, 3.05) is 5.43 Å². The van der Waals surface area contributed by atoms with E-state index in [1.807, 2.05) is 0 Å².